The van der Waals surface area contributed by atoms with E-state index in [0.29, 0.717) is 43.2 Å². The fourth-order valence-corrected chi connectivity index (χ4v) is 2.95. The molecule has 0 aromatic heterocycles. The number of benzene rings is 2. The lowest BCUT2D eigenvalue weighted by Gasteiger charge is -2.17. The van der Waals surface area contributed by atoms with Gasteiger partial charge in [0.1, 0.15) is 6.61 Å². The molecule has 0 aliphatic heterocycles. The molecule has 0 radical (unpaired) electrons. The quantitative estimate of drug-likeness (QED) is 0.231. The van der Waals surface area contributed by atoms with Gasteiger partial charge in [-0.3, -0.25) is 9.59 Å². The van der Waals surface area contributed by atoms with Gasteiger partial charge in [-0.15, -0.1) is 6.58 Å². The predicted octanol–water partition coefficient (Wildman–Crippen LogP) is 3.74. The van der Waals surface area contributed by atoms with Gasteiger partial charge in [0.25, 0.3) is 0 Å². The molecule has 0 saturated carbocycles. The molecule has 0 saturated heterocycles. The minimum atomic E-state index is -0.830. The van der Waals surface area contributed by atoms with Gasteiger partial charge >= 0.3 is 11.8 Å². The molecule has 0 unspecified atom stereocenters. The van der Waals surface area contributed by atoms with Gasteiger partial charge in [-0.2, -0.15) is 5.10 Å². The predicted molar refractivity (Wildman–Crippen MR) is 124 cm³/mol. The Balaban J connectivity index is 2.23. The molecule has 0 spiro atoms. The van der Waals surface area contributed by atoms with E-state index in [1.165, 1.54) is 6.21 Å². The first-order valence-electron chi connectivity index (χ1n) is 9.87. The Hall–Kier alpha value is -3.13. The minimum absolute atomic E-state index is 0.361. The number of hydrogen-bond donors (Lipinski definition) is 2. The molecule has 0 heterocycles. The van der Waals surface area contributed by atoms with Crippen LogP contribution < -0.4 is 20.2 Å². The Morgan fingerprint density at radius 2 is 1.87 bits per heavy atom. The molecule has 164 valence electrons. The average Bonchev–Trinajstić information content (AvgIpc) is 2.75. The number of ether oxygens (including phenoxy) is 2. The molecule has 2 amide bonds. The number of allylic oxidation sites excluding steroid dienone is 1. The third kappa shape index (κ3) is 7.57. The molecule has 0 atom stereocenters. The van der Waals surface area contributed by atoms with Gasteiger partial charge in [0, 0.05) is 16.6 Å². The van der Waals surface area contributed by atoms with Crippen LogP contribution in [0.1, 0.15) is 30.5 Å². The second-order valence-corrected chi connectivity index (χ2v) is 7.32. The van der Waals surface area contributed by atoms with Gasteiger partial charge in [0.2, 0.25) is 0 Å². The van der Waals surface area contributed by atoms with E-state index in [1.807, 2.05) is 37.3 Å². The minimum Gasteiger partial charge on any atom is -0.490 e. The highest BCUT2D eigenvalue weighted by Crippen LogP contribution is 2.34. The van der Waals surface area contributed by atoms with Crippen molar-refractivity contribution in [3.63, 3.8) is 0 Å². The smallest absolute Gasteiger partial charge is 0.329 e. The van der Waals surface area contributed by atoms with E-state index in [0.717, 1.165) is 15.6 Å². The number of rotatable bonds is 10. The highest BCUT2D eigenvalue weighted by Gasteiger charge is 2.14. The standard InChI is InChI=1S/C23H26BrN3O4/c1-4-7-18-12-17(14-26-27-23(29)22(28)25-5-2)13-20(30-6-3)21(18)31-15-16-8-10-19(24)11-9-16/h4,8-14H,1,5-7,15H2,2-3H3,(H,25,28)(H,27,29)/b26-14-. The van der Waals surface area contributed by atoms with Crippen LogP contribution in [0, 0.1) is 0 Å². The van der Waals surface area contributed by atoms with E-state index in [2.05, 4.69) is 38.4 Å². The zero-order valence-corrected chi connectivity index (χ0v) is 19.2. The maximum Gasteiger partial charge on any atom is 0.329 e. The summed E-state index contributed by atoms with van der Waals surface area (Å²) in [6.45, 7) is 8.63. The average molecular weight is 488 g/mol. The third-order valence-electron chi connectivity index (χ3n) is 4.04. The van der Waals surface area contributed by atoms with Crippen LogP contribution >= 0.6 is 15.9 Å². The summed E-state index contributed by atoms with van der Waals surface area (Å²) in [5.41, 5.74) is 4.79. The van der Waals surface area contributed by atoms with Crippen molar-refractivity contribution in [2.24, 2.45) is 5.10 Å². The van der Waals surface area contributed by atoms with Crippen molar-refractivity contribution in [3.8, 4) is 11.5 Å². The number of nitrogens with zero attached hydrogens (tertiary/aromatic N) is 1. The highest BCUT2D eigenvalue weighted by molar-refractivity contribution is 9.10. The van der Waals surface area contributed by atoms with E-state index < -0.39 is 11.8 Å². The van der Waals surface area contributed by atoms with Gasteiger partial charge in [0.15, 0.2) is 11.5 Å². The van der Waals surface area contributed by atoms with Gasteiger partial charge < -0.3 is 14.8 Å². The SMILES string of the molecule is C=CCc1cc(/C=N\NC(=O)C(=O)NCC)cc(OCC)c1OCc1ccc(Br)cc1. The first kappa shape index (κ1) is 24.1. The van der Waals surface area contributed by atoms with Gasteiger partial charge in [0.05, 0.1) is 12.8 Å². The molecule has 2 aromatic rings. The van der Waals surface area contributed by atoms with Crippen molar-refractivity contribution in [2.45, 2.75) is 26.9 Å². The number of carbonyl (C=O) groups is 2. The monoisotopic (exact) mass is 487 g/mol. The second-order valence-electron chi connectivity index (χ2n) is 6.41. The number of nitrogens with one attached hydrogen (secondary N) is 2. The zero-order valence-electron chi connectivity index (χ0n) is 17.6. The summed E-state index contributed by atoms with van der Waals surface area (Å²) in [5.74, 6) is -0.369. The molecular formula is C23H26BrN3O4. The molecule has 0 bridgehead atoms. The topological polar surface area (TPSA) is 89.0 Å². The third-order valence-corrected chi connectivity index (χ3v) is 4.57. The van der Waals surface area contributed by atoms with Crippen molar-refractivity contribution in [1.82, 2.24) is 10.7 Å². The molecule has 31 heavy (non-hydrogen) atoms. The van der Waals surface area contributed by atoms with E-state index >= 15 is 0 Å². The number of hydrazone groups is 1. The normalized spacial score (nSPS) is 10.5. The first-order valence-corrected chi connectivity index (χ1v) is 10.7. The lowest BCUT2D eigenvalue weighted by atomic mass is 10.1. The van der Waals surface area contributed by atoms with E-state index in [1.54, 1.807) is 19.1 Å². The van der Waals surface area contributed by atoms with Crippen LogP contribution in [0.25, 0.3) is 0 Å². The molecule has 8 heteroatoms. The molecule has 2 rings (SSSR count). The Labute approximate surface area is 190 Å². The van der Waals surface area contributed by atoms with Gasteiger partial charge in [-0.1, -0.05) is 34.1 Å². The Bertz CT molecular complexity index is 943. The molecule has 0 aliphatic rings. The van der Waals surface area contributed by atoms with Crippen molar-refractivity contribution < 1.29 is 19.1 Å². The molecule has 0 fully saturated rings. The number of amides is 2. The van der Waals surface area contributed by atoms with Crippen molar-refractivity contribution in [3.05, 3.63) is 70.2 Å². The van der Waals surface area contributed by atoms with Crippen LogP contribution in [0.3, 0.4) is 0 Å². The first-order chi connectivity index (χ1) is 15.0. The number of carbonyl (C=O) groups excluding carboxylic acids is 2. The van der Waals surface area contributed by atoms with Crippen LogP contribution in [0.2, 0.25) is 0 Å². The largest absolute Gasteiger partial charge is 0.490 e. The molecule has 2 N–H and O–H groups in total. The molecule has 7 nitrogen and oxygen atoms in total. The Morgan fingerprint density at radius 1 is 1.13 bits per heavy atom. The summed E-state index contributed by atoms with van der Waals surface area (Å²) in [6.07, 6.45) is 3.78. The van der Waals surface area contributed by atoms with E-state index in [4.69, 9.17) is 9.47 Å². The van der Waals surface area contributed by atoms with Crippen molar-refractivity contribution in [1.29, 1.82) is 0 Å². The molecule has 0 aliphatic carbocycles. The summed E-state index contributed by atoms with van der Waals surface area (Å²) in [7, 11) is 0. The van der Waals surface area contributed by atoms with Crippen molar-refractivity contribution >= 4 is 34.0 Å². The second kappa shape index (κ2) is 12.5. The fourth-order valence-electron chi connectivity index (χ4n) is 2.68. The van der Waals surface area contributed by atoms with Crippen LogP contribution in [-0.4, -0.2) is 31.2 Å². The Kier molecular flexibility index (Phi) is 9.77. The van der Waals surface area contributed by atoms with E-state index in [-0.39, 0.29) is 0 Å². The maximum absolute atomic E-state index is 11.7. The van der Waals surface area contributed by atoms with Crippen LogP contribution in [0.4, 0.5) is 0 Å². The van der Waals surface area contributed by atoms with E-state index in [9.17, 15) is 9.59 Å². The van der Waals surface area contributed by atoms with Crippen LogP contribution in [0.5, 0.6) is 11.5 Å². The van der Waals surface area contributed by atoms with Crippen LogP contribution in [-0.2, 0) is 22.6 Å². The Morgan fingerprint density at radius 3 is 2.52 bits per heavy atom. The summed E-state index contributed by atoms with van der Waals surface area (Å²) >= 11 is 3.43. The van der Waals surface area contributed by atoms with Gasteiger partial charge in [-0.05, 0) is 55.7 Å². The number of likely N-dealkylation sites (N-methyl/N-ethyl adjacent to an activating group) is 1. The lowest BCUT2D eigenvalue weighted by Crippen LogP contribution is -2.37. The summed E-state index contributed by atoms with van der Waals surface area (Å²) in [4.78, 5) is 23.1. The van der Waals surface area contributed by atoms with Gasteiger partial charge in [-0.25, -0.2) is 5.43 Å². The zero-order chi connectivity index (χ0) is 22.6. The highest BCUT2D eigenvalue weighted by atomic mass is 79.9. The maximum atomic E-state index is 11.7. The summed E-state index contributed by atoms with van der Waals surface area (Å²) in [5, 5.41) is 6.28. The summed E-state index contributed by atoms with van der Waals surface area (Å²) in [6, 6.07) is 11.5. The molecule has 2 aromatic carbocycles. The number of halogens is 1. The fraction of sp³-hybridized carbons (Fsp3) is 0.261. The number of hydrogen-bond acceptors (Lipinski definition) is 5. The van der Waals surface area contributed by atoms with Crippen LogP contribution in [0.15, 0.2) is 58.6 Å². The molecular weight excluding hydrogens is 462 g/mol. The summed E-state index contributed by atoms with van der Waals surface area (Å²) < 4.78 is 12.9. The van der Waals surface area contributed by atoms with Crippen molar-refractivity contribution in [2.75, 3.05) is 13.2 Å². The lowest BCUT2D eigenvalue weighted by molar-refractivity contribution is -0.139.